The van der Waals surface area contributed by atoms with Crippen LogP contribution in [0.25, 0.3) is 0 Å². The largest absolute Gasteiger partial charge is 0.392 e. The molecule has 2 unspecified atom stereocenters. The van der Waals surface area contributed by atoms with Crippen molar-refractivity contribution in [1.82, 2.24) is 4.90 Å². The summed E-state index contributed by atoms with van der Waals surface area (Å²) >= 11 is 5.11. The van der Waals surface area contributed by atoms with E-state index in [1.54, 1.807) is 0 Å². The summed E-state index contributed by atoms with van der Waals surface area (Å²) in [6.45, 7) is 10.3. The van der Waals surface area contributed by atoms with E-state index in [1.165, 1.54) is 0 Å². The van der Waals surface area contributed by atoms with Gasteiger partial charge in [-0.25, -0.2) is 0 Å². The van der Waals surface area contributed by atoms with Gasteiger partial charge in [0.25, 0.3) is 0 Å². The van der Waals surface area contributed by atoms with Crippen molar-refractivity contribution in [3.05, 3.63) is 0 Å². The number of nitrogens with zero attached hydrogens (tertiary/aromatic N) is 1. The van der Waals surface area contributed by atoms with Gasteiger partial charge < -0.3 is 10.5 Å². The summed E-state index contributed by atoms with van der Waals surface area (Å²) in [5, 5.41) is 0. The van der Waals surface area contributed by atoms with Crippen molar-refractivity contribution in [1.29, 1.82) is 0 Å². The van der Waals surface area contributed by atoms with Gasteiger partial charge in [-0.3, -0.25) is 4.90 Å². The average molecular weight is 230 g/mol. The van der Waals surface area contributed by atoms with Crippen LogP contribution in [0, 0.1) is 0 Å². The lowest BCUT2D eigenvalue weighted by atomic mass is 10.0. The van der Waals surface area contributed by atoms with Gasteiger partial charge in [-0.15, -0.1) is 0 Å². The number of rotatable bonds is 3. The highest BCUT2D eigenvalue weighted by Crippen LogP contribution is 2.23. The van der Waals surface area contributed by atoms with Gasteiger partial charge in [-0.2, -0.15) is 0 Å². The molecule has 4 heteroatoms. The zero-order chi connectivity index (χ0) is 11.6. The van der Waals surface area contributed by atoms with Gasteiger partial charge in [-0.05, 0) is 27.2 Å². The number of ether oxygens (including phenoxy) is 1. The van der Waals surface area contributed by atoms with Crippen LogP contribution in [0.15, 0.2) is 0 Å². The van der Waals surface area contributed by atoms with Crippen molar-refractivity contribution >= 4 is 17.2 Å². The quantitative estimate of drug-likeness (QED) is 0.747. The van der Waals surface area contributed by atoms with E-state index in [1.807, 2.05) is 0 Å². The number of hydrogen-bond donors (Lipinski definition) is 1. The molecule has 1 aliphatic rings. The Morgan fingerprint density at radius 2 is 2.27 bits per heavy atom. The van der Waals surface area contributed by atoms with Crippen LogP contribution in [0.5, 0.6) is 0 Å². The van der Waals surface area contributed by atoms with Crippen molar-refractivity contribution in [2.24, 2.45) is 5.73 Å². The number of morpholine rings is 1. The Balaban J connectivity index is 2.72. The smallest absolute Gasteiger partial charge is 0.0901 e. The minimum Gasteiger partial charge on any atom is -0.392 e. The van der Waals surface area contributed by atoms with Crippen LogP contribution in [-0.2, 0) is 4.74 Å². The van der Waals surface area contributed by atoms with E-state index in [4.69, 9.17) is 22.7 Å². The summed E-state index contributed by atoms with van der Waals surface area (Å²) in [6, 6.07) is 0.214. The molecule has 0 bridgehead atoms. The van der Waals surface area contributed by atoms with Crippen molar-refractivity contribution in [3.8, 4) is 0 Å². The number of thiocarbonyl (C=S) groups is 1. The topological polar surface area (TPSA) is 38.5 Å². The fourth-order valence-corrected chi connectivity index (χ4v) is 2.70. The first kappa shape index (κ1) is 12.9. The van der Waals surface area contributed by atoms with Crippen LogP contribution in [-0.4, -0.2) is 40.7 Å². The molecular formula is C11H22N2OS. The Kier molecular flexibility index (Phi) is 4.09. The van der Waals surface area contributed by atoms with Crippen molar-refractivity contribution in [2.45, 2.75) is 51.9 Å². The van der Waals surface area contributed by atoms with E-state index in [9.17, 15) is 0 Å². The maximum atomic E-state index is 5.85. The van der Waals surface area contributed by atoms with Gasteiger partial charge in [0.2, 0.25) is 0 Å². The zero-order valence-corrected chi connectivity index (χ0v) is 10.9. The molecule has 15 heavy (non-hydrogen) atoms. The molecule has 0 aromatic rings. The third kappa shape index (κ3) is 3.40. The van der Waals surface area contributed by atoms with Crippen LogP contribution in [0.2, 0.25) is 0 Å². The Hall–Kier alpha value is -0.190. The fraction of sp³-hybridized carbons (Fsp3) is 0.909. The summed E-state index contributed by atoms with van der Waals surface area (Å²) in [4.78, 5) is 2.94. The molecule has 1 aliphatic heterocycles. The minimum atomic E-state index is -0.101. The van der Waals surface area contributed by atoms with E-state index in [-0.39, 0.29) is 17.7 Å². The first-order valence-corrected chi connectivity index (χ1v) is 5.97. The van der Waals surface area contributed by atoms with Crippen LogP contribution < -0.4 is 5.73 Å². The van der Waals surface area contributed by atoms with Crippen molar-refractivity contribution < 1.29 is 4.74 Å². The third-order valence-corrected chi connectivity index (χ3v) is 3.02. The van der Waals surface area contributed by atoms with Gasteiger partial charge in [0.15, 0.2) is 0 Å². The molecule has 0 aromatic carbocycles. The van der Waals surface area contributed by atoms with E-state index in [0.29, 0.717) is 4.99 Å². The molecule has 3 nitrogen and oxygen atoms in total. The second-order valence-electron chi connectivity index (χ2n) is 4.94. The number of nitrogens with two attached hydrogens (primary N) is 1. The molecule has 0 saturated carbocycles. The molecule has 2 N–H and O–H groups in total. The summed E-state index contributed by atoms with van der Waals surface area (Å²) < 4.78 is 5.85. The zero-order valence-electron chi connectivity index (χ0n) is 10.1. The van der Waals surface area contributed by atoms with E-state index >= 15 is 0 Å². The predicted octanol–water partition coefficient (Wildman–Crippen LogP) is 1.55. The van der Waals surface area contributed by atoms with Gasteiger partial charge >= 0.3 is 0 Å². The van der Waals surface area contributed by atoms with Gasteiger partial charge in [0.1, 0.15) is 0 Å². The molecule has 0 aliphatic carbocycles. The molecule has 2 atom stereocenters. The molecule has 1 saturated heterocycles. The lowest BCUT2D eigenvalue weighted by molar-refractivity contribution is -0.132. The first-order chi connectivity index (χ1) is 6.85. The van der Waals surface area contributed by atoms with Gasteiger partial charge in [-0.1, -0.05) is 19.1 Å². The normalized spacial score (nSPS) is 28.7. The van der Waals surface area contributed by atoms with E-state index < -0.39 is 0 Å². The molecule has 0 aromatic heterocycles. The Bertz CT molecular complexity index is 243. The highest BCUT2D eigenvalue weighted by atomic mass is 32.1. The molecule has 1 rings (SSSR count). The predicted molar refractivity (Wildman–Crippen MR) is 67.1 cm³/mol. The summed E-state index contributed by atoms with van der Waals surface area (Å²) in [5.74, 6) is 0. The van der Waals surface area contributed by atoms with Crippen LogP contribution >= 0.6 is 12.2 Å². The molecule has 1 heterocycles. The SMILES string of the molecule is CCC(C(N)=S)N1CC(C)OC(C)(C)C1. The van der Waals surface area contributed by atoms with Gasteiger partial charge in [0, 0.05) is 13.1 Å². The van der Waals surface area contributed by atoms with Crippen LogP contribution in [0.4, 0.5) is 0 Å². The molecule has 1 fully saturated rings. The second-order valence-corrected chi connectivity index (χ2v) is 5.42. The Morgan fingerprint density at radius 3 is 2.67 bits per heavy atom. The second kappa shape index (κ2) is 4.76. The summed E-state index contributed by atoms with van der Waals surface area (Å²) in [6.07, 6.45) is 1.22. The molecular weight excluding hydrogens is 208 g/mol. The van der Waals surface area contributed by atoms with Crippen molar-refractivity contribution in [3.63, 3.8) is 0 Å². The molecule has 0 spiro atoms. The first-order valence-electron chi connectivity index (χ1n) is 5.57. The van der Waals surface area contributed by atoms with Gasteiger partial charge in [0.05, 0.1) is 22.7 Å². The third-order valence-electron chi connectivity index (χ3n) is 2.75. The molecule has 0 radical (unpaired) electrons. The Labute approximate surface area is 98.0 Å². The monoisotopic (exact) mass is 230 g/mol. The molecule has 0 amide bonds. The highest BCUT2D eigenvalue weighted by Gasteiger charge is 2.34. The maximum Gasteiger partial charge on any atom is 0.0901 e. The Morgan fingerprint density at radius 1 is 1.67 bits per heavy atom. The van der Waals surface area contributed by atoms with E-state index in [0.717, 1.165) is 19.5 Å². The highest BCUT2D eigenvalue weighted by molar-refractivity contribution is 7.80. The van der Waals surface area contributed by atoms with Crippen LogP contribution in [0.3, 0.4) is 0 Å². The average Bonchev–Trinajstić information content (AvgIpc) is 1.99. The summed E-state index contributed by atoms with van der Waals surface area (Å²) in [5.41, 5.74) is 5.66. The fourth-order valence-electron chi connectivity index (χ4n) is 2.38. The molecule has 88 valence electrons. The van der Waals surface area contributed by atoms with E-state index in [2.05, 4.69) is 32.6 Å². The lowest BCUT2D eigenvalue weighted by Crippen LogP contribution is -2.57. The van der Waals surface area contributed by atoms with Crippen LogP contribution in [0.1, 0.15) is 34.1 Å². The lowest BCUT2D eigenvalue weighted by Gasteiger charge is -2.44. The standard InChI is InChI=1S/C11H22N2OS/c1-5-9(10(12)15)13-6-8(2)14-11(3,4)7-13/h8-9H,5-7H2,1-4H3,(H2,12,15). The number of hydrogen-bond acceptors (Lipinski definition) is 3. The maximum absolute atomic E-state index is 5.85. The van der Waals surface area contributed by atoms with Crippen molar-refractivity contribution in [2.75, 3.05) is 13.1 Å². The minimum absolute atomic E-state index is 0.101. The summed E-state index contributed by atoms with van der Waals surface area (Å²) in [7, 11) is 0.